The number of nitrogens with zero attached hydrogens (tertiary/aromatic N) is 2. The maximum Gasteiger partial charge on any atom is 0.0185 e. The maximum atomic E-state index is 3.38. The van der Waals surface area contributed by atoms with E-state index in [0.717, 1.165) is 11.8 Å². The van der Waals surface area contributed by atoms with Crippen molar-refractivity contribution in [2.75, 3.05) is 26.2 Å². The second-order valence-corrected chi connectivity index (χ2v) is 3.88. The van der Waals surface area contributed by atoms with Gasteiger partial charge in [-0.2, -0.15) is 5.53 Å². The normalized spacial score (nSPS) is 57.6. The van der Waals surface area contributed by atoms with Crippen LogP contribution in [-0.2, 0) is 0 Å². The van der Waals surface area contributed by atoms with Crippen LogP contribution < -0.4 is 5.53 Å². The van der Waals surface area contributed by atoms with Crippen LogP contribution in [0.4, 0.5) is 0 Å². The zero-order valence-electron chi connectivity index (χ0n) is 6.08. The van der Waals surface area contributed by atoms with Crippen LogP contribution in [0.2, 0.25) is 0 Å². The minimum atomic E-state index is 0.966. The van der Waals surface area contributed by atoms with E-state index < -0.39 is 0 Å². The molecule has 4 bridgehead atoms. The predicted octanol–water partition coefficient (Wildman–Crippen LogP) is -0.327. The van der Waals surface area contributed by atoms with Crippen LogP contribution in [0, 0.1) is 11.8 Å². The Morgan fingerprint density at radius 3 is 1.80 bits per heavy atom. The zero-order valence-corrected chi connectivity index (χ0v) is 6.08. The van der Waals surface area contributed by atoms with Crippen molar-refractivity contribution >= 4 is 0 Å². The average Bonchev–Trinajstić information content (AvgIpc) is 1.82. The molecule has 4 aliphatic rings. The van der Waals surface area contributed by atoms with Crippen LogP contribution >= 0.6 is 0 Å². The second-order valence-electron chi connectivity index (χ2n) is 3.88. The van der Waals surface area contributed by atoms with E-state index in [1.54, 1.807) is 0 Å². The summed E-state index contributed by atoms with van der Waals surface area (Å²) in [5, 5.41) is 4.73. The summed E-state index contributed by atoms with van der Waals surface area (Å²) in [6, 6.07) is 0. The number of piperidine rings is 2. The van der Waals surface area contributed by atoms with Crippen LogP contribution in [0.15, 0.2) is 0 Å². The molecule has 10 heavy (non-hydrogen) atoms. The topological polar surface area (TPSA) is 18.5 Å². The molecule has 0 amide bonds. The summed E-state index contributed by atoms with van der Waals surface area (Å²) in [7, 11) is 0. The van der Waals surface area contributed by atoms with Crippen molar-refractivity contribution < 1.29 is 0 Å². The highest BCUT2D eigenvalue weighted by atomic mass is 15.8. The Morgan fingerprint density at radius 2 is 1.40 bits per heavy atom. The van der Waals surface area contributed by atoms with Gasteiger partial charge in [-0.1, -0.05) is 0 Å². The summed E-state index contributed by atoms with van der Waals surface area (Å²) in [5.74, 6) is 1.93. The van der Waals surface area contributed by atoms with Gasteiger partial charge in [-0.3, -0.25) is 0 Å². The van der Waals surface area contributed by atoms with Crippen LogP contribution in [0.5, 0.6) is 0 Å². The lowest BCUT2D eigenvalue weighted by molar-refractivity contribution is -0.139. The largest absolute Gasteiger partial charge is 0.230 e. The molecule has 1 N–H and O–H groups in total. The highest BCUT2D eigenvalue weighted by molar-refractivity contribution is 4.88. The Kier molecular flexibility index (Phi) is 0.952. The highest BCUT2D eigenvalue weighted by Crippen LogP contribution is 2.30. The molecule has 0 aromatic heterocycles. The number of hydrogen-bond donors (Lipinski definition) is 1. The van der Waals surface area contributed by atoms with Gasteiger partial charge in [-0.05, 0) is 18.3 Å². The Morgan fingerprint density at radius 1 is 0.900 bits per heavy atom. The van der Waals surface area contributed by atoms with Gasteiger partial charge in [0.15, 0.2) is 0 Å². The summed E-state index contributed by atoms with van der Waals surface area (Å²) in [4.78, 5) is 0. The van der Waals surface area contributed by atoms with Crippen molar-refractivity contribution in [2.45, 2.75) is 6.42 Å². The van der Waals surface area contributed by atoms with Gasteiger partial charge in [0.25, 0.3) is 0 Å². The van der Waals surface area contributed by atoms with Crippen LogP contribution in [0.25, 0.3) is 0 Å². The molecule has 4 aliphatic heterocycles. The zero-order chi connectivity index (χ0) is 6.55. The van der Waals surface area contributed by atoms with Gasteiger partial charge >= 0.3 is 0 Å². The van der Waals surface area contributed by atoms with Crippen molar-refractivity contribution in [3.05, 3.63) is 0 Å². The first-order valence-electron chi connectivity index (χ1n) is 4.16. The number of nitrogens with one attached hydrogen (secondary N) is 1. The molecule has 4 heterocycles. The third-order valence-electron chi connectivity index (χ3n) is 2.86. The summed E-state index contributed by atoms with van der Waals surface area (Å²) >= 11 is 0. The molecule has 4 saturated heterocycles. The summed E-state index contributed by atoms with van der Waals surface area (Å²) in [5.41, 5.74) is 3.38. The first-order chi connectivity index (χ1) is 4.90. The third kappa shape index (κ3) is 0.654. The van der Waals surface area contributed by atoms with Crippen molar-refractivity contribution in [1.82, 2.24) is 15.6 Å². The molecule has 0 radical (unpaired) electrons. The van der Waals surface area contributed by atoms with E-state index >= 15 is 0 Å². The molecule has 56 valence electrons. The number of hydrazine groups is 2. The highest BCUT2D eigenvalue weighted by Gasteiger charge is 2.39. The lowest BCUT2D eigenvalue weighted by Gasteiger charge is -2.53. The molecule has 3 heteroatoms. The van der Waals surface area contributed by atoms with Gasteiger partial charge in [0.2, 0.25) is 0 Å². The van der Waals surface area contributed by atoms with Gasteiger partial charge in [-0.15, -0.1) is 0 Å². The quantitative estimate of drug-likeness (QED) is 0.496. The molecule has 0 unspecified atom stereocenters. The van der Waals surface area contributed by atoms with Crippen molar-refractivity contribution in [3.8, 4) is 0 Å². The molecule has 4 rings (SSSR count). The van der Waals surface area contributed by atoms with Crippen LogP contribution in [0.1, 0.15) is 6.42 Å². The van der Waals surface area contributed by atoms with E-state index in [0.29, 0.717) is 0 Å². The number of rotatable bonds is 0. The van der Waals surface area contributed by atoms with E-state index in [1.165, 1.54) is 32.6 Å². The molecule has 0 atom stereocenters. The molecular weight excluding hydrogens is 126 g/mol. The molecule has 0 aromatic carbocycles. The second kappa shape index (κ2) is 1.72. The van der Waals surface area contributed by atoms with Gasteiger partial charge in [0.1, 0.15) is 0 Å². The molecule has 3 nitrogen and oxygen atoms in total. The Hall–Kier alpha value is -0.120. The SMILES string of the molecule is C1C2CN3CC1CN(C2)N3. The van der Waals surface area contributed by atoms with E-state index in [-0.39, 0.29) is 0 Å². The minimum absolute atomic E-state index is 0.966. The molecule has 0 aliphatic carbocycles. The lowest BCUT2D eigenvalue weighted by Crippen LogP contribution is -2.69. The first-order valence-corrected chi connectivity index (χ1v) is 4.16. The molecule has 0 saturated carbocycles. The standard InChI is InChI=1S/C7H13N3/c1-6-2-9-4-7(1)5-10(3-6)8-9/h6-8H,1-5H2. The van der Waals surface area contributed by atoms with Gasteiger partial charge in [0.05, 0.1) is 0 Å². The Bertz CT molecular complexity index is 100. The Labute approximate surface area is 60.9 Å². The fourth-order valence-electron chi connectivity index (χ4n) is 2.64. The van der Waals surface area contributed by atoms with Gasteiger partial charge < -0.3 is 0 Å². The van der Waals surface area contributed by atoms with Crippen molar-refractivity contribution in [2.24, 2.45) is 11.8 Å². The first kappa shape index (κ1) is 5.52. The average molecular weight is 139 g/mol. The van der Waals surface area contributed by atoms with E-state index in [1.807, 2.05) is 0 Å². The lowest BCUT2D eigenvalue weighted by atomic mass is 9.85. The van der Waals surface area contributed by atoms with Crippen molar-refractivity contribution in [1.29, 1.82) is 0 Å². The van der Waals surface area contributed by atoms with E-state index in [9.17, 15) is 0 Å². The summed E-state index contributed by atoms with van der Waals surface area (Å²) in [6.07, 6.45) is 1.48. The summed E-state index contributed by atoms with van der Waals surface area (Å²) < 4.78 is 0. The minimum Gasteiger partial charge on any atom is -0.230 e. The van der Waals surface area contributed by atoms with Crippen LogP contribution in [0.3, 0.4) is 0 Å². The Balaban J connectivity index is 1.90. The monoisotopic (exact) mass is 139 g/mol. The molecular formula is C7H13N3. The van der Waals surface area contributed by atoms with E-state index in [2.05, 4.69) is 15.6 Å². The van der Waals surface area contributed by atoms with Gasteiger partial charge in [-0.25, -0.2) is 10.0 Å². The predicted molar refractivity (Wildman–Crippen MR) is 37.9 cm³/mol. The van der Waals surface area contributed by atoms with Crippen molar-refractivity contribution in [3.63, 3.8) is 0 Å². The number of hydrogen-bond acceptors (Lipinski definition) is 3. The maximum absolute atomic E-state index is 3.38. The molecule has 0 spiro atoms. The molecule has 4 fully saturated rings. The third-order valence-corrected chi connectivity index (χ3v) is 2.86. The van der Waals surface area contributed by atoms with Crippen LogP contribution in [-0.4, -0.2) is 36.2 Å². The van der Waals surface area contributed by atoms with E-state index in [4.69, 9.17) is 0 Å². The van der Waals surface area contributed by atoms with Gasteiger partial charge in [0, 0.05) is 26.2 Å². The fourth-order valence-corrected chi connectivity index (χ4v) is 2.64. The molecule has 0 aromatic rings. The smallest absolute Gasteiger partial charge is 0.0185 e. The fraction of sp³-hybridized carbons (Fsp3) is 1.00. The summed E-state index contributed by atoms with van der Waals surface area (Å²) in [6.45, 7) is 5.14.